The number of carbonyl (C=O) groups is 2. The minimum Gasteiger partial charge on any atom is -0.338 e. The molecule has 7 nitrogen and oxygen atoms in total. The van der Waals surface area contributed by atoms with Gasteiger partial charge in [-0.15, -0.1) is 0 Å². The van der Waals surface area contributed by atoms with Crippen LogP contribution in [0.15, 0.2) is 54.6 Å². The predicted octanol–water partition coefficient (Wildman–Crippen LogP) is 3.91. The number of nitrogens with one attached hydrogen (secondary N) is 1. The maximum Gasteiger partial charge on any atom is 0.242 e. The molecule has 2 aromatic carbocycles. The molecule has 0 radical (unpaired) electrons. The van der Waals surface area contributed by atoms with E-state index >= 15 is 0 Å². The fourth-order valence-electron chi connectivity index (χ4n) is 4.05. The van der Waals surface area contributed by atoms with Crippen LogP contribution in [0.4, 0.5) is 0 Å². The van der Waals surface area contributed by atoms with Gasteiger partial charge in [0.25, 0.3) is 0 Å². The molecule has 0 aliphatic carbocycles. The lowest BCUT2D eigenvalue weighted by Gasteiger charge is -2.38. The van der Waals surface area contributed by atoms with Crippen LogP contribution >= 0.6 is 23.8 Å². The van der Waals surface area contributed by atoms with Gasteiger partial charge in [0, 0.05) is 36.8 Å². The number of rotatable bonds is 5. The second-order valence-electron chi connectivity index (χ2n) is 8.61. The fraction of sp³-hybridized carbons (Fsp3) is 0.333. The molecule has 0 unspecified atom stereocenters. The summed E-state index contributed by atoms with van der Waals surface area (Å²) in [6.45, 7) is 5.94. The van der Waals surface area contributed by atoms with Crippen LogP contribution in [0.2, 0.25) is 5.02 Å². The second-order valence-corrected chi connectivity index (χ2v) is 9.43. The standard InChI is InChI=1S/C24H26ClN5O2S/c1-24(2,18-6-4-3-5-7-18)22(32)29-14-12-28(13-15-29)20(31)16-30-21(26-27-23(30)33)17-8-10-19(25)11-9-17/h3-11H,12-16H2,1-2H3,(H,27,33). The molecule has 1 aromatic heterocycles. The Balaban J connectivity index is 1.41. The summed E-state index contributed by atoms with van der Waals surface area (Å²) < 4.78 is 2.07. The lowest BCUT2D eigenvalue weighted by Crippen LogP contribution is -2.54. The summed E-state index contributed by atoms with van der Waals surface area (Å²) >= 11 is 11.3. The van der Waals surface area contributed by atoms with Crippen molar-refractivity contribution in [3.8, 4) is 11.4 Å². The van der Waals surface area contributed by atoms with Crippen molar-refractivity contribution in [2.45, 2.75) is 25.8 Å². The summed E-state index contributed by atoms with van der Waals surface area (Å²) in [6, 6.07) is 17.0. The summed E-state index contributed by atoms with van der Waals surface area (Å²) in [5, 5.41) is 7.68. The van der Waals surface area contributed by atoms with Gasteiger partial charge in [-0.1, -0.05) is 41.9 Å². The number of carbonyl (C=O) groups excluding carboxylic acids is 2. The van der Waals surface area contributed by atoms with E-state index in [9.17, 15) is 9.59 Å². The molecule has 0 atom stereocenters. The average molecular weight is 484 g/mol. The topological polar surface area (TPSA) is 74.2 Å². The minimum atomic E-state index is -0.620. The van der Waals surface area contributed by atoms with Crippen LogP contribution in [0.1, 0.15) is 19.4 Å². The van der Waals surface area contributed by atoms with E-state index in [0.29, 0.717) is 41.8 Å². The van der Waals surface area contributed by atoms with E-state index in [-0.39, 0.29) is 18.4 Å². The normalized spacial score (nSPS) is 14.4. The van der Waals surface area contributed by atoms with E-state index in [0.717, 1.165) is 11.1 Å². The number of hydrogen-bond acceptors (Lipinski definition) is 4. The van der Waals surface area contributed by atoms with E-state index in [1.54, 1.807) is 21.6 Å². The molecule has 33 heavy (non-hydrogen) atoms. The van der Waals surface area contributed by atoms with Crippen LogP contribution in [-0.2, 0) is 21.5 Å². The Bertz CT molecular complexity index is 1200. The molecule has 4 rings (SSSR count). The predicted molar refractivity (Wildman–Crippen MR) is 130 cm³/mol. The first-order valence-electron chi connectivity index (χ1n) is 10.8. The Kier molecular flexibility index (Phi) is 6.67. The summed E-state index contributed by atoms with van der Waals surface area (Å²) in [4.78, 5) is 29.9. The molecule has 172 valence electrons. The van der Waals surface area contributed by atoms with E-state index in [2.05, 4.69) is 10.2 Å². The van der Waals surface area contributed by atoms with Gasteiger partial charge in [0.2, 0.25) is 11.8 Å². The third-order valence-electron chi connectivity index (χ3n) is 6.10. The summed E-state index contributed by atoms with van der Waals surface area (Å²) in [5.41, 5.74) is 1.18. The largest absolute Gasteiger partial charge is 0.338 e. The number of aromatic amines is 1. The van der Waals surface area contributed by atoms with Gasteiger partial charge in [-0.25, -0.2) is 0 Å². The first-order valence-corrected chi connectivity index (χ1v) is 11.6. The van der Waals surface area contributed by atoms with E-state index < -0.39 is 5.41 Å². The van der Waals surface area contributed by atoms with Gasteiger partial charge in [-0.3, -0.25) is 19.3 Å². The summed E-state index contributed by atoms with van der Waals surface area (Å²) in [7, 11) is 0. The first-order chi connectivity index (χ1) is 15.8. The third kappa shape index (κ3) is 4.86. The zero-order chi connectivity index (χ0) is 23.6. The number of hydrogen-bond donors (Lipinski definition) is 1. The fourth-order valence-corrected chi connectivity index (χ4v) is 4.37. The SMILES string of the molecule is CC(C)(C(=O)N1CCN(C(=O)Cn2c(-c3ccc(Cl)cc3)n[nH]c2=S)CC1)c1ccccc1. The molecule has 1 aliphatic rings. The number of nitrogens with zero attached hydrogens (tertiary/aromatic N) is 4. The number of aromatic nitrogens is 3. The van der Waals surface area contributed by atoms with Crippen LogP contribution in [0.3, 0.4) is 0 Å². The van der Waals surface area contributed by atoms with E-state index in [1.165, 1.54) is 0 Å². The van der Waals surface area contributed by atoms with Gasteiger partial charge in [0.15, 0.2) is 10.6 Å². The molecule has 0 bridgehead atoms. The zero-order valence-electron chi connectivity index (χ0n) is 18.6. The molecule has 2 heterocycles. The molecule has 0 spiro atoms. The van der Waals surface area contributed by atoms with Crippen LogP contribution in [0, 0.1) is 4.77 Å². The minimum absolute atomic E-state index is 0.0582. The number of H-pyrrole nitrogens is 1. The van der Waals surface area contributed by atoms with Crippen molar-refractivity contribution in [3.63, 3.8) is 0 Å². The van der Waals surface area contributed by atoms with Gasteiger partial charge < -0.3 is 9.80 Å². The molecular weight excluding hydrogens is 458 g/mol. The van der Waals surface area contributed by atoms with Crippen molar-refractivity contribution >= 4 is 35.6 Å². The van der Waals surface area contributed by atoms with Crippen LogP contribution < -0.4 is 0 Å². The monoisotopic (exact) mass is 483 g/mol. The first kappa shape index (κ1) is 23.2. The highest BCUT2D eigenvalue weighted by atomic mass is 35.5. The molecular formula is C24H26ClN5O2S. The zero-order valence-corrected chi connectivity index (χ0v) is 20.2. The quantitative estimate of drug-likeness (QED) is 0.558. The second kappa shape index (κ2) is 9.49. The van der Waals surface area contributed by atoms with E-state index in [4.69, 9.17) is 23.8 Å². The molecule has 9 heteroatoms. The van der Waals surface area contributed by atoms with Gasteiger partial charge in [0.05, 0.1) is 5.41 Å². The molecule has 1 aliphatic heterocycles. The molecule has 1 fully saturated rings. The average Bonchev–Trinajstić information content (AvgIpc) is 3.19. The maximum atomic E-state index is 13.2. The number of amides is 2. The van der Waals surface area contributed by atoms with Crippen molar-refractivity contribution in [2.75, 3.05) is 26.2 Å². The lowest BCUT2D eigenvalue weighted by molar-refractivity contribution is -0.142. The molecule has 1 saturated heterocycles. The molecule has 3 aromatic rings. The Morgan fingerprint density at radius 3 is 2.24 bits per heavy atom. The Morgan fingerprint density at radius 2 is 1.61 bits per heavy atom. The van der Waals surface area contributed by atoms with E-state index in [1.807, 2.05) is 61.2 Å². The highest BCUT2D eigenvalue weighted by Gasteiger charge is 2.35. The summed E-state index contributed by atoms with van der Waals surface area (Å²) in [5.74, 6) is 0.600. The Labute approximate surface area is 203 Å². The highest BCUT2D eigenvalue weighted by molar-refractivity contribution is 7.71. The van der Waals surface area contributed by atoms with Crippen molar-refractivity contribution in [2.24, 2.45) is 0 Å². The van der Waals surface area contributed by atoms with Gasteiger partial charge in [-0.2, -0.15) is 5.10 Å². The summed E-state index contributed by atoms with van der Waals surface area (Å²) in [6.07, 6.45) is 0. The van der Waals surface area contributed by atoms with Crippen LogP contribution in [-0.4, -0.2) is 62.6 Å². The molecule has 0 saturated carbocycles. The van der Waals surface area contributed by atoms with Gasteiger partial charge in [-0.05, 0) is 55.9 Å². The van der Waals surface area contributed by atoms with Crippen molar-refractivity contribution in [1.82, 2.24) is 24.6 Å². The smallest absolute Gasteiger partial charge is 0.242 e. The van der Waals surface area contributed by atoms with Crippen molar-refractivity contribution < 1.29 is 9.59 Å². The lowest BCUT2D eigenvalue weighted by atomic mass is 9.83. The van der Waals surface area contributed by atoms with Gasteiger partial charge in [0.1, 0.15) is 6.54 Å². The van der Waals surface area contributed by atoms with Crippen molar-refractivity contribution in [3.05, 3.63) is 70.0 Å². The number of piperazine rings is 1. The number of benzene rings is 2. The van der Waals surface area contributed by atoms with Crippen LogP contribution in [0.5, 0.6) is 0 Å². The highest BCUT2D eigenvalue weighted by Crippen LogP contribution is 2.26. The van der Waals surface area contributed by atoms with Crippen LogP contribution in [0.25, 0.3) is 11.4 Å². The Hall–Kier alpha value is -2.97. The Morgan fingerprint density at radius 1 is 1.00 bits per heavy atom. The molecule has 2 amide bonds. The maximum absolute atomic E-state index is 13.2. The number of halogens is 1. The van der Waals surface area contributed by atoms with Gasteiger partial charge >= 0.3 is 0 Å². The third-order valence-corrected chi connectivity index (χ3v) is 6.67. The van der Waals surface area contributed by atoms with Crippen molar-refractivity contribution in [1.29, 1.82) is 0 Å². The molecule has 1 N–H and O–H groups in total.